The Morgan fingerprint density at radius 1 is 1.47 bits per heavy atom. The molecular formula is C12H13FN2O4. The molecule has 0 radical (unpaired) electrons. The maximum Gasteiger partial charge on any atom is 0.338 e. The van der Waals surface area contributed by atoms with Crippen LogP contribution in [0.3, 0.4) is 0 Å². The third-order valence-corrected chi connectivity index (χ3v) is 2.27. The van der Waals surface area contributed by atoms with Gasteiger partial charge in [-0.05, 0) is 12.3 Å². The number of esters is 1. The summed E-state index contributed by atoms with van der Waals surface area (Å²) < 4.78 is 18.3. The van der Waals surface area contributed by atoms with Gasteiger partial charge in [0.25, 0.3) is 5.69 Å². The van der Waals surface area contributed by atoms with E-state index in [1.54, 1.807) is 19.0 Å². The first-order chi connectivity index (χ1) is 8.86. The van der Waals surface area contributed by atoms with Gasteiger partial charge in [-0.2, -0.15) is 0 Å². The first kappa shape index (κ1) is 14.6. The summed E-state index contributed by atoms with van der Waals surface area (Å²) in [5.74, 6) is -1.69. The highest BCUT2D eigenvalue weighted by atomic mass is 19.1. The highest BCUT2D eigenvalue weighted by Crippen LogP contribution is 2.23. The number of carbonyl (C=O) groups excluding carboxylic acids is 1. The number of hydrogen-bond donors (Lipinski definition) is 0. The van der Waals surface area contributed by atoms with Crippen LogP contribution in [0.2, 0.25) is 0 Å². The Hall–Kier alpha value is -2.44. The molecule has 0 aromatic heterocycles. The van der Waals surface area contributed by atoms with Crippen LogP contribution in [-0.4, -0.2) is 37.0 Å². The zero-order chi connectivity index (χ0) is 14.6. The number of benzene rings is 1. The van der Waals surface area contributed by atoms with Crippen LogP contribution in [0.25, 0.3) is 6.08 Å². The van der Waals surface area contributed by atoms with E-state index in [9.17, 15) is 19.3 Å². The summed E-state index contributed by atoms with van der Waals surface area (Å²) >= 11 is 0. The van der Waals surface area contributed by atoms with Gasteiger partial charge >= 0.3 is 5.97 Å². The van der Waals surface area contributed by atoms with Gasteiger partial charge in [0.1, 0.15) is 5.82 Å². The van der Waals surface area contributed by atoms with Gasteiger partial charge in [-0.15, -0.1) is 0 Å². The second-order valence-corrected chi connectivity index (χ2v) is 3.92. The van der Waals surface area contributed by atoms with Gasteiger partial charge in [0.2, 0.25) is 0 Å². The Bertz CT molecular complexity index is 541. The van der Waals surface area contributed by atoms with Gasteiger partial charge in [0, 0.05) is 25.7 Å². The number of carbonyl (C=O) groups is 1. The molecule has 0 fully saturated rings. The molecule has 0 aliphatic rings. The van der Waals surface area contributed by atoms with Crippen LogP contribution in [0.5, 0.6) is 0 Å². The van der Waals surface area contributed by atoms with Crippen molar-refractivity contribution in [3.05, 3.63) is 45.4 Å². The van der Waals surface area contributed by atoms with Crippen LogP contribution in [0.4, 0.5) is 10.1 Å². The molecule has 1 rings (SSSR count). The highest BCUT2D eigenvalue weighted by Gasteiger charge is 2.20. The molecule has 19 heavy (non-hydrogen) atoms. The van der Waals surface area contributed by atoms with Crippen molar-refractivity contribution in [1.82, 2.24) is 4.90 Å². The van der Waals surface area contributed by atoms with E-state index in [0.29, 0.717) is 0 Å². The van der Waals surface area contributed by atoms with E-state index in [0.717, 1.165) is 19.2 Å². The normalized spacial score (nSPS) is 10.5. The minimum atomic E-state index is -0.854. The lowest BCUT2D eigenvalue weighted by atomic mass is 10.1. The van der Waals surface area contributed by atoms with E-state index < -0.39 is 22.4 Å². The number of ether oxygens (including phenoxy) is 1. The van der Waals surface area contributed by atoms with Crippen molar-refractivity contribution in [3.63, 3.8) is 0 Å². The largest absolute Gasteiger partial charge is 0.465 e. The molecule has 0 amide bonds. The Morgan fingerprint density at radius 3 is 2.58 bits per heavy atom. The summed E-state index contributed by atoms with van der Waals surface area (Å²) in [4.78, 5) is 23.1. The molecule has 102 valence electrons. The maximum atomic E-state index is 13.8. The number of nitrogens with zero attached hydrogens (tertiary/aromatic N) is 2. The van der Waals surface area contributed by atoms with Crippen LogP contribution < -0.4 is 0 Å². The van der Waals surface area contributed by atoms with Crippen LogP contribution >= 0.6 is 0 Å². The third-order valence-electron chi connectivity index (χ3n) is 2.27. The van der Waals surface area contributed by atoms with Gasteiger partial charge in [-0.3, -0.25) is 10.1 Å². The Kier molecular flexibility index (Phi) is 4.57. The fraction of sp³-hybridized carbons (Fsp3) is 0.250. The summed E-state index contributed by atoms with van der Waals surface area (Å²) in [5.41, 5.74) is -0.738. The topological polar surface area (TPSA) is 72.7 Å². The lowest BCUT2D eigenvalue weighted by Gasteiger charge is -2.08. The SMILES string of the molecule is COC(=O)c1cc([N+](=O)[O-])cc(F)c1/C=C/N(C)C. The molecule has 1 aromatic carbocycles. The summed E-state index contributed by atoms with van der Waals surface area (Å²) in [6.07, 6.45) is 2.88. The van der Waals surface area contributed by atoms with Gasteiger partial charge in [-0.25, -0.2) is 9.18 Å². The average Bonchev–Trinajstić information content (AvgIpc) is 2.35. The molecule has 0 aliphatic carbocycles. The van der Waals surface area contributed by atoms with Gasteiger partial charge in [-0.1, -0.05) is 0 Å². The zero-order valence-corrected chi connectivity index (χ0v) is 10.7. The van der Waals surface area contributed by atoms with E-state index >= 15 is 0 Å². The first-order valence-electron chi connectivity index (χ1n) is 5.27. The van der Waals surface area contributed by atoms with E-state index in [4.69, 9.17) is 0 Å². The molecule has 0 atom stereocenters. The number of methoxy groups -OCH3 is 1. The molecular weight excluding hydrogens is 255 g/mol. The van der Waals surface area contributed by atoms with Crippen molar-refractivity contribution >= 4 is 17.7 Å². The van der Waals surface area contributed by atoms with Crippen molar-refractivity contribution in [2.45, 2.75) is 0 Å². The van der Waals surface area contributed by atoms with Crippen molar-refractivity contribution in [2.75, 3.05) is 21.2 Å². The molecule has 0 unspecified atom stereocenters. The third kappa shape index (κ3) is 3.51. The molecule has 0 spiro atoms. The summed E-state index contributed by atoms with van der Waals surface area (Å²) in [5, 5.41) is 10.7. The minimum absolute atomic E-state index is 0.0499. The molecule has 0 aliphatic heterocycles. The fourth-order valence-electron chi connectivity index (χ4n) is 1.38. The van der Waals surface area contributed by atoms with E-state index in [-0.39, 0.29) is 11.1 Å². The molecule has 7 heteroatoms. The molecule has 0 bridgehead atoms. The highest BCUT2D eigenvalue weighted by molar-refractivity contribution is 5.94. The van der Waals surface area contributed by atoms with Crippen LogP contribution in [0.15, 0.2) is 18.3 Å². The second-order valence-electron chi connectivity index (χ2n) is 3.92. The molecule has 1 aromatic rings. The van der Waals surface area contributed by atoms with E-state index in [2.05, 4.69) is 4.74 Å². The maximum absolute atomic E-state index is 13.8. The van der Waals surface area contributed by atoms with Crippen molar-refractivity contribution < 1.29 is 18.8 Å². The predicted octanol–water partition coefficient (Wildman–Crippen LogP) is 2.05. The number of nitro benzene ring substituents is 1. The Balaban J connectivity index is 3.43. The molecule has 0 heterocycles. The summed E-state index contributed by atoms with van der Waals surface area (Å²) in [6.45, 7) is 0. The van der Waals surface area contributed by atoms with Crippen molar-refractivity contribution in [2.24, 2.45) is 0 Å². The number of halogens is 1. The van der Waals surface area contributed by atoms with Gasteiger partial charge < -0.3 is 9.64 Å². The minimum Gasteiger partial charge on any atom is -0.465 e. The first-order valence-corrected chi connectivity index (χ1v) is 5.27. The van der Waals surface area contributed by atoms with Gasteiger partial charge in [0.05, 0.1) is 23.7 Å². The molecule has 6 nitrogen and oxygen atoms in total. The van der Waals surface area contributed by atoms with Crippen molar-refractivity contribution in [1.29, 1.82) is 0 Å². The predicted molar refractivity (Wildman–Crippen MR) is 67.1 cm³/mol. The number of rotatable bonds is 4. The number of non-ortho nitro benzene ring substituents is 1. The van der Waals surface area contributed by atoms with E-state index in [1.165, 1.54) is 12.3 Å². The van der Waals surface area contributed by atoms with Crippen LogP contribution in [0, 0.1) is 15.9 Å². The quantitative estimate of drug-likeness (QED) is 0.474. The average molecular weight is 268 g/mol. The lowest BCUT2D eigenvalue weighted by Crippen LogP contribution is -2.07. The Morgan fingerprint density at radius 2 is 2.11 bits per heavy atom. The van der Waals surface area contributed by atoms with Crippen LogP contribution in [0.1, 0.15) is 15.9 Å². The van der Waals surface area contributed by atoms with Crippen molar-refractivity contribution in [3.8, 4) is 0 Å². The molecule has 0 N–H and O–H groups in total. The van der Waals surface area contributed by atoms with Gasteiger partial charge in [0.15, 0.2) is 0 Å². The number of hydrogen-bond acceptors (Lipinski definition) is 5. The zero-order valence-electron chi connectivity index (χ0n) is 10.7. The summed E-state index contributed by atoms with van der Waals surface area (Å²) in [6, 6.07) is 1.76. The molecule has 0 saturated heterocycles. The second kappa shape index (κ2) is 5.94. The number of nitro groups is 1. The standard InChI is InChI=1S/C12H13FN2O4/c1-14(2)5-4-9-10(12(16)19-3)6-8(15(17)18)7-11(9)13/h4-7H,1-3H3/b5-4+. The lowest BCUT2D eigenvalue weighted by molar-refractivity contribution is -0.385. The van der Waals surface area contributed by atoms with Crippen LogP contribution in [-0.2, 0) is 4.74 Å². The fourth-order valence-corrected chi connectivity index (χ4v) is 1.38. The summed E-state index contributed by atoms with van der Waals surface area (Å²) in [7, 11) is 4.56. The smallest absolute Gasteiger partial charge is 0.338 e. The van der Waals surface area contributed by atoms with E-state index in [1.807, 2.05) is 0 Å². The Labute approximate surface area is 109 Å². The molecule has 0 saturated carbocycles. The monoisotopic (exact) mass is 268 g/mol.